The van der Waals surface area contributed by atoms with Crippen LogP contribution in [0.15, 0.2) is 23.3 Å². The molecule has 0 N–H and O–H groups in total. The standard InChI is InChI=1S/C15H17ClN4O2/c1-5-22-15(21)11-8-10-6-7-17-13(16)12(10)19-14(11)18-9(2)20(3)4/h6-8H,5H2,1-4H3/b18-9+. The van der Waals surface area contributed by atoms with E-state index in [1.807, 2.05) is 25.9 Å². The van der Waals surface area contributed by atoms with E-state index < -0.39 is 5.97 Å². The van der Waals surface area contributed by atoms with Crippen molar-refractivity contribution in [3.05, 3.63) is 29.0 Å². The summed E-state index contributed by atoms with van der Waals surface area (Å²) in [4.78, 5) is 26.8. The smallest absolute Gasteiger partial charge is 0.342 e. The van der Waals surface area contributed by atoms with Crippen LogP contribution in [-0.4, -0.2) is 47.4 Å². The maximum atomic E-state index is 12.2. The predicted molar refractivity (Wildman–Crippen MR) is 87.0 cm³/mol. The first-order valence-corrected chi connectivity index (χ1v) is 7.16. The Balaban J connectivity index is 2.68. The van der Waals surface area contributed by atoms with Gasteiger partial charge < -0.3 is 9.64 Å². The van der Waals surface area contributed by atoms with E-state index in [-0.39, 0.29) is 17.6 Å². The van der Waals surface area contributed by atoms with E-state index in [1.165, 1.54) is 0 Å². The fraction of sp³-hybridized carbons (Fsp3) is 0.333. The van der Waals surface area contributed by atoms with Gasteiger partial charge in [0.15, 0.2) is 11.0 Å². The number of pyridine rings is 2. The number of halogens is 1. The summed E-state index contributed by atoms with van der Waals surface area (Å²) in [6, 6.07) is 3.42. The Labute approximate surface area is 133 Å². The quantitative estimate of drug-likeness (QED) is 0.376. The summed E-state index contributed by atoms with van der Waals surface area (Å²) in [6.07, 6.45) is 1.56. The van der Waals surface area contributed by atoms with Gasteiger partial charge >= 0.3 is 5.97 Å². The molecule has 6 nitrogen and oxygen atoms in total. The van der Waals surface area contributed by atoms with Crippen LogP contribution >= 0.6 is 11.6 Å². The van der Waals surface area contributed by atoms with Crippen LogP contribution < -0.4 is 0 Å². The molecule has 0 atom stereocenters. The van der Waals surface area contributed by atoms with Crippen molar-refractivity contribution >= 4 is 40.1 Å². The monoisotopic (exact) mass is 320 g/mol. The molecule has 0 amide bonds. The molecule has 0 aliphatic rings. The fourth-order valence-electron chi connectivity index (χ4n) is 1.75. The van der Waals surface area contributed by atoms with Gasteiger partial charge in [0.2, 0.25) is 0 Å². The fourth-order valence-corrected chi connectivity index (χ4v) is 1.96. The Morgan fingerprint density at radius 1 is 1.45 bits per heavy atom. The second-order valence-electron chi connectivity index (χ2n) is 4.81. The summed E-state index contributed by atoms with van der Waals surface area (Å²) in [5, 5.41) is 0.983. The third kappa shape index (κ3) is 3.33. The minimum atomic E-state index is -0.463. The van der Waals surface area contributed by atoms with E-state index >= 15 is 0 Å². The number of hydrogen-bond donors (Lipinski definition) is 0. The minimum absolute atomic E-state index is 0.270. The van der Waals surface area contributed by atoms with Crippen molar-refractivity contribution in [2.45, 2.75) is 13.8 Å². The first-order chi connectivity index (χ1) is 10.4. The molecule has 0 aliphatic carbocycles. The number of amidine groups is 1. The Morgan fingerprint density at radius 2 is 2.18 bits per heavy atom. The number of carbonyl (C=O) groups excluding carboxylic acids is 1. The van der Waals surface area contributed by atoms with Crippen molar-refractivity contribution in [2.24, 2.45) is 4.99 Å². The average molecular weight is 321 g/mol. The Kier molecular flexibility index (Phi) is 4.92. The summed E-state index contributed by atoms with van der Waals surface area (Å²) in [5.74, 6) is 0.514. The first kappa shape index (κ1) is 16.2. The molecule has 0 saturated carbocycles. The van der Waals surface area contributed by atoms with Crippen LogP contribution in [0.3, 0.4) is 0 Å². The van der Waals surface area contributed by atoms with Crippen molar-refractivity contribution in [1.82, 2.24) is 14.9 Å². The topological polar surface area (TPSA) is 67.7 Å². The molecule has 0 radical (unpaired) electrons. The highest BCUT2D eigenvalue weighted by molar-refractivity contribution is 6.33. The van der Waals surface area contributed by atoms with Crippen LogP contribution in [-0.2, 0) is 4.74 Å². The first-order valence-electron chi connectivity index (χ1n) is 6.79. The molecule has 0 saturated heterocycles. The SMILES string of the molecule is CCOC(=O)c1cc2ccnc(Cl)c2nc1/N=C(\C)N(C)C. The molecule has 0 spiro atoms. The molecule has 0 bridgehead atoms. The van der Waals surface area contributed by atoms with Gasteiger partial charge in [-0.3, -0.25) is 0 Å². The molecule has 2 heterocycles. The molecule has 2 rings (SSSR count). The predicted octanol–water partition coefficient (Wildman–Crippen LogP) is 3.07. The molecule has 0 fully saturated rings. The second-order valence-corrected chi connectivity index (χ2v) is 5.16. The lowest BCUT2D eigenvalue weighted by molar-refractivity contribution is 0.0527. The lowest BCUT2D eigenvalue weighted by Gasteiger charge is -2.12. The number of hydrogen-bond acceptors (Lipinski definition) is 5. The molecule has 22 heavy (non-hydrogen) atoms. The molecule has 0 aromatic carbocycles. The normalized spacial score (nSPS) is 11.6. The van der Waals surface area contributed by atoms with Gasteiger partial charge in [-0.15, -0.1) is 0 Å². The zero-order valence-corrected chi connectivity index (χ0v) is 13.7. The Bertz CT molecular complexity index is 744. The average Bonchev–Trinajstić information content (AvgIpc) is 2.47. The third-order valence-electron chi connectivity index (χ3n) is 3.08. The van der Waals surface area contributed by atoms with E-state index in [4.69, 9.17) is 16.3 Å². The molecule has 0 aliphatic heterocycles. The van der Waals surface area contributed by atoms with Gasteiger partial charge in [0.05, 0.1) is 6.61 Å². The lowest BCUT2D eigenvalue weighted by Crippen LogP contribution is -2.18. The van der Waals surface area contributed by atoms with Crippen molar-refractivity contribution in [2.75, 3.05) is 20.7 Å². The van der Waals surface area contributed by atoms with Crippen LogP contribution in [0.4, 0.5) is 5.82 Å². The lowest BCUT2D eigenvalue weighted by atomic mass is 10.2. The molecule has 2 aromatic rings. The number of carbonyl (C=O) groups is 1. The van der Waals surface area contributed by atoms with Crippen LogP contribution in [0.5, 0.6) is 0 Å². The van der Waals surface area contributed by atoms with Crippen LogP contribution in [0, 0.1) is 0 Å². The van der Waals surface area contributed by atoms with E-state index in [0.29, 0.717) is 22.3 Å². The zero-order valence-electron chi connectivity index (χ0n) is 12.9. The molecule has 116 valence electrons. The van der Waals surface area contributed by atoms with Crippen molar-refractivity contribution < 1.29 is 9.53 Å². The summed E-state index contributed by atoms with van der Waals surface area (Å²) >= 11 is 6.07. The van der Waals surface area contributed by atoms with Crippen LogP contribution in [0.2, 0.25) is 5.15 Å². The molecule has 0 unspecified atom stereocenters. The zero-order chi connectivity index (χ0) is 16.3. The third-order valence-corrected chi connectivity index (χ3v) is 3.36. The minimum Gasteiger partial charge on any atom is -0.462 e. The van der Waals surface area contributed by atoms with Gasteiger partial charge in [-0.1, -0.05) is 11.6 Å². The Hall–Kier alpha value is -2.21. The van der Waals surface area contributed by atoms with Crippen molar-refractivity contribution in [3.8, 4) is 0 Å². The number of aliphatic imine (C=N–C) groups is 1. The van der Waals surface area contributed by atoms with Crippen LogP contribution in [0.25, 0.3) is 10.9 Å². The van der Waals surface area contributed by atoms with Crippen LogP contribution in [0.1, 0.15) is 24.2 Å². The van der Waals surface area contributed by atoms with Gasteiger partial charge in [0.25, 0.3) is 0 Å². The number of esters is 1. The largest absolute Gasteiger partial charge is 0.462 e. The molecular formula is C15H17ClN4O2. The highest BCUT2D eigenvalue weighted by Gasteiger charge is 2.17. The number of ether oxygens (including phenoxy) is 1. The van der Waals surface area contributed by atoms with E-state index in [2.05, 4.69) is 15.0 Å². The summed E-state index contributed by atoms with van der Waals surface area (Å²) in [7, 11) is 3.72. The van der Waals surface area contributed by atoms with Gasteiger partial charge in [0.1, 0.15) is 16.9 Å². The highest BCUT2D eigenvalue weighted by atomic mass is 35.5. The highest BCUT2D eigenvalue weighted by Crippen LogP contribution is 2.27. The number of fused-ring (bicyclic) bond motifs is 1. The number of nitrogens with zero attached hydrogens (tertiary/aromatic N) is 4. The van der Waals surface area contributed by atoms with Gasteiger partial charge in [-0.2, -0.15) is 0 Å². The number of aromatic nitrogens is 2. The summed E-state index contributed by atoms with van der Waals surface area (Å²) in [6.45, 7) is 3.86. The summed E-state index contributed by atoms with van der Waals surface area (Å²) < 4.78 is 5.08. The van der Waals surface area contributed by atoms with Gasteiger partial charge in [-0.25, -0.2) is 19.8 Å². The number of rotatable bonds is 3. The van der Waals surface area contributed by atoms with Gasteiger partial charge in [-0.05, 0) is 26.0 Å². The van der Waals surface area contributed by atoms with E-state index in [9.17, 15) is 4.79 Å². The maximum absolute atomic E-state index is 12.2. The van der Waals surface area contributed by atoms with Gasteiger partial charge in [0, 0.05) is 25.7 Å². The Morgan fingerprint density at radius 3 is 2.82 bits per heavy atom. The van der Waals surface area contributed by atoms with E-state index in [1.54, 1.807) is 25.3 Å². The van der Waals surface area contributed by atoms with E-state index in [0.717, 1.165) is 0 Å². The molecule has 7 heteroatoms. The van der Waals surface area contributed by atoms with Crippen molar-refractivity contribution in [3.63, 3.8) is 0 Å². The second kappa shape index (κ2) is 6.70. The molecular weight excluding hydrogens is 304 g/mol. The van der Waals surface area contributed by atoms with Crippen molar-refractivity contribution in [1.29, 1.82) is 0 Å². The summed E-state index contributed by atoms with van der Waals surface area (Å²) in [5.41, 5.74) is 0.806. The maximum Gasteiger partial charge on any atom is 0.342 e. The molecule has 2 aromatic heterocycles.